The van der Waals surface area contributed by atoms with Crippen molar-refractivity contribution in [3.63, 3.8) is 0 Å². The summed E-state index contributed by atoms with van der Waals surface area (Å²) in [5.74, 6) is 2.07. The fourth-order valence-electron chi connectivity index (χ4n) is 5.15. The van der Waals surface area contributed by atoms with Crippen LogP contribution in [0.1, 0.15) is 52.0 Å². The second-order valence-corrected chi connectivity index (χ2v) is 11.6. The third-order valence-corrected chi connectivity index (χ3v) is 8.30. The van der Waals surface area contributed by atoms with Crippen molar-refractivity contribution in [3.8, 4) is 12.0 Å². The van der Waals surface area contributed by atoms with Gasteiger partial charge in [-0.15, -0.1) is 0 Å². The molecular formula is C28H26Cl4N4O3. The summed E-state index contributed by atoms with van der Waals surface area (Å²) in [6.45, 7) is 2.50. The largest absolute Gasteiger partial charge is 0.336 e. The van der Waals surface area contributed by atoms with Crippen molar-refractivity contribution < 1.29 is 14.4 Å². The summed E-state index contributed by atoms with van der Waals surface area (Å²) >= 11 is 24.6. The van der Waals surface area contributed by atoms with Crippen LogP contribution in [-0.4, -0.2) is 70.7 Å². The number of carbonyl (C=O) groups excluding carboxylic acids is 3. The molecule has 3 aliphatic heterocycles. The maximum absolute atomic E-state index is 13.7. The van der Waals surface area contributed by atoms with Gasteiger partial charge < -0.3 is 9.80 Å². The van der Waals surface area contributed by atoms with Crippen molar-refractivity contribution >= 4 is 64.1 Å². The molecule has 5 rings (SSSR count). The van der Waals surface area contributed by atoms with Crippen molar-refractivity contribution in [1.29, 1.82) is 0 Å². The molecule has 2 unspecified atom stereocenters. The molecule has 1 N–H and O–H groups in total. The van der Waals surface area contributed by atoms with E-state index in [0.717, 1.165) is 31.5 Å². The summed E-state index contributed by atoms with van der Waals surface area (Å²) < 4.78 is 0. The molecule has 3 heterocycles. The number of piperidine rings is 1. The van der Waals surface area contributed by atoms with Gasteiger partial charge in [-0.2, -0.15) is 0 Å². The van der Waals surface area contributed by atoms with E-state index in [1.54, 1.807) is 23.1 Å². The van der Waals surface area contributed by atoms with Crippen molar-refractivity contribution in [2.24, 2.45) is 0 Å². The fourth-order valence-corrected chi connectivity index (χ4v) is 6.05. The second-order valence-electron chi connectivity index (χ2n) is 9.96. The van der Waals surface area contributed by atoms with Gasteiger partial charge in [-0.05, 0) is 61.6 Å². The predicted octanol–water partition coefficient (Wildman–Crippen LogP) is 5.10. The quantitative estimate of drug-likeness (QED) is 0.387. The number of rotatable bonds is 4. The standard InChI is InChI=1S/C28H26Cl4N4O3/c29-18-10-17(11-19(30)12-18)15-35-9-4-20(33-25(28(35)39)5-8-34-6-2-1-3-7-34)16-36-26(37)21-13-23(31)24(32)14-22(21)27(36)38/h10-14,20,25,33H,1-4,6-7,9,15-16H2. The third kappa shape index (κ3) is 6.32. The van der Waals surface area contributed by atoms with E-state index in [9.17, 15) is 14.4 Å². The molecule has 7 nitrogen and oxygen atoms in total. The number of likely N-dealkylation sites (tertiary alicyclic amines) is 1. The average Bonchev–Trinajstić information content (AvgIpc) is 3.02. The first-order valence-corrected chi connectivity index (χ1v) is 14.3. The van der Waals surface area contributed by atoms with Crippen LogP contribution < -0.4 is 5.32 Å². The highest BCUT2D eigenvalue weighted by atomic mass is 35.5. The predicted molar refractivity (Wildman–Crippen MR) is 152 cm³/mol. The van der Waals surface area contributed by atoms with Gasteiger partial charge >= 0.3 is 0 Å². The van der Waals surface area contributed by atoms with Gasteiger partial charge in [0, 0.05) is 54.9 Å². The number of imide groups is 1. The van der Waals surface area contributed by atoms with E-state index in [1.807, 2.05) is 4.90 Å². The van der Waals surface area contributed by atoms with Crippen molar-refractivity contribution in [1.82, 2.24) is 20.0 Å². The Bertz CT molecular complexity index is 1320. The van der Waals surface area contributed by atoms with E-state index in [1.165, 1.54) is 23.5 Å². The van der Waals surface area contributed by atoms with E-state index in [0.29, 0.717) is 29.6 Å². The number of amides is 3. The van der Waals surface area contributed by atoms with Gasteiger partial charge in [0.2, 0.25) is 0 Å². The summed E-state index contributed by atoms with van der Waals surface area (Å²) in [5.41, 5.74) is 1.25. The van der Waals surface area contributed by atoms with Crippen LogP contribution in [0.4, 0.5) is 0 Å². The van der Waals surface area contributed by atoms with E-state index in [4.69, 9.17) is 46.4 Å². The average molecular weight is 608 g/mol. The van der Waals surface area contributed by atoms with Crippen LogP contribution in [-0.2, 0) is 11.3 Å². The Morgan fingerprint density at radius 3 is 2.05 bits per heavy atom. The smallest absolute Gasteiger partial charge is 0.261 e. The molecule has 11 heteroatoms. The Labute approximate surface area is 247 Å². The molecule has 2 saturated heterocycles. The first-order valence-electron chi connectivity index (χ1n) is 12.8. The Morgan fingerprint density at radius 1 is 0.821 bits per heavy atom. The Balaban J connectivity index is 1.38. The van der Waals surface area contributed by atoms with Gasteiger partial charge in [-0.25, -0.2) is 0 Å². The van der Waals surface area contributed by atoms with Crippen LogP contribution >= 0.6 is 46.4 Å². The van der Waals surface area contributed by atoms with Gasteiger partial charge in [0.1, 0.15) is 0 Å². The molecule has 204 valence electrons. The van der Waals surface area contributed by atoms with Crippen LogP contribution in [0.5, 0.6) is 0 Å². The van der Waals surface area contributed by atoms with E-state index < -0.39 is 17.9 Å². The molecule has 0 spiro atoms. The Morgan fingerprint density at radius 2 is 1.44 bits per heavy atom. The molecule has 3 aliphatic rings. The number of benzene rings is 2. The van der Waals surface area contributed by atoms with E-state index in [2.05, 4.69) is 17.3 Å². The highest BCUT2D eigenvalue weighted by Gasteiger charge is 2.39. The fraction of sp³-hybridized carbons (Fsp3) is 0.393. The van der Waals surface area contributed by atoms with Crippen LogP contribution in [0.2, 0.25) is 20.1 Å². The molecule has 0 aromatic heterocycles. The number of halogens is 4. The zero-order valence-electron chi connectivity index (χ0n) is 21.0. The number of carbonyl (C=O) groups is 3. The van der Waals surface area contributed by atoms with Crippen molar-refractivity contribution in [2.75, 3.05) is 26.2 Å². The van der Waals surface area contributed by atoms with Gasteiger partial charge in [-0.1, -0.05) is 52.3 Å². The molecule has 0 radical (unpaired) electrons. The van der Waals surface area contributed by atoms with Gasteiger partial charge in [0.25, 0.3) is 17.7 Å². The number of nitrogens with zero attached hydrogens (tertiary/aromatic N) is 3. The molecule has 3 amide bonds. The Kier molecular flexibility index (Phi) is 8.60. The lowest BCUT2D eigenvalue weighted by Gasteiger charge is -2.24. The zero-order chi connectivity index (χ0) is 27.7. The molecule has 2 aromatic carbocycles. The lowest BCUT2D eigenvalue weighted by Crippen LogP contribution is -2.49. The molecule has 0 bridgehead atoms. The lowest BCUT2D eigenvalue weighted by molar-refractivity contribution is -0.131. The minimum absolute atomic E-state index is 0.0770. The molecule has 2 atom stereocenters. The van der Waals surface area contributed by atoms with Crippen LogP contribution in [0.25, 0.3) is 0 Å². The zero-order valence-corrected chi connectivity index (χ0v) is 24.0. The van der Waals surface area contributed by atoms with Crippen LogP contribution in [0, 0.1) is 12.0 Å². The number of hydrogen-bond donors (Lipinski definition) is 1. The van der Waals surface area contributed by atoms with Gasteiger partial charge in [0.05, 0.1) is 21.2 Å². The molecule has 0 aliphatic carbocycles. The SMILES string of the molecule is O=C1C(C#CN2CCCCC2)NC(CN2C(=O)c3cc(Cl)c(Cl)cc3C2=O)CCN1Cc1cc(Cl)cc(Cl)c1. The highest BCUT2D eigenvalue weighted by molar-refractivity contribution is 6.43. The first-order chi connectivity index (χ1) is 18.7. The Hall–Kier alpha value is -2.47. The molecular weight excluding hydrogens is 582 g/mol. The van der Waals surface area contributed by atoms with Crippen LogP contribution in [0.3, 0.4) is 0 Å². The second kappa shape index (κ2) is 12.0. The van der Waals surface area contributed by atoms with Crippen molar-refractivity contribution in [3.05, 3.63) is 67.1 Å². The van der Waals surface area contributed by atoms with Crippen LogP contribution in [0.15, 0.2) is 30.3 Å². The van der Waals surface area contributed by atoms with Crippen molar-refractivity contribution in [2.45, 2.75) is 44.3 Å². The maximum Gasteiger partial charge on any atom is 0.261 e. The third-order valence-electron chi connectivity index (χ3n) is 7.14. The molecule has 39 heavy (non-hydrogen) atoms. The van der Waals surface area contributed by atoms with E-state index in [-0.39, 0.29) is 39.7 Å². The summed E-state index contributed by atoms with van der Waals surface area (Å²) in [6.07, 6.45) is 3.81. The summed E-state index contributed by atoms with van der Waals surface area (Å²) in [7, 11) is 0. The first kappa shape index (κ1) is 28.1. The molecule has 0 saturated carbocycles. The topological polar surface area (TPSA) is 73.0 Å². The highest BCUT2D eigenvalue weighted by Crippen LogP contribution is 2.32. The van der Waals surface area contributed by atoms with Gasteiger partial charge in [0.15, 0.2) is 6.04 Å². The molecule has 2 fully saturated rings. The summed E-state index contributed by atoms with van der Waals surface area (Å²) in [4.78, 5) is 44.8. The summed E-state index contributed by atoms with van der Waals surface area (Å²) in [5, 5.41) is 4.72. The maximum atomic E-state index is 13.7. The number of nitrogens with one attached hydrogen (secondary N) is 1. The lowest BCUT2D eigenvalue weighted by atomic mass is 10.1. The summed E-state index contributed by atoms with van der Waals surface area (Å²) in [6, 6.07) is 10.0. The van der Waals surface area contributed by atoms with Gasteiger partial charge in [-0.3, -0.25) is 24.6 Å². The number of hydrogen-bond acceptors (Lipinski definition) is 5. The monoisotopic (exact) mass is 606 g/mol. The molecule has 2 aromatic rings. The minimum Gasteiger partial charge on any atom is -0.336 e. The normalized spacial score (nSPS) is 21.5. The van der Waals surface area contributed by atoms with E-state index >= 15 is 0 Å². The number of fused-ring (bicyclic) bond motifs is 1. The minimum atomic E-state index is -0.812.